The number of unbranched alkanes of at least 4 members (excludes halogenated alkanes) is 1. The van der Waals surface area contributed by atoms with E-state index >= 15 is 0 Å². The van der Waals surface area contributed by atoms with Crippen LogP contribution >= 0.6 is 0 Å². The lowest BCUT2D eigenvalue weighted by Crippen LogP contribution is -2.31. The third-order valence-electron chi connectivity index (χ3n) is 3.09. The predicted molar refractivity (Wildman–Crippen MR) is 60.3 cm³/mol. The molecule has 1 aliphatic rings. The Morgan fingerprint density at radius 3 is 3.00 bits per heavy atom. The van der Waals surface area contributed by atoms with Crippen LogP contribution in [-0.2, 0) is 13.0 Å². The van der Waals surface area contributed by atoms with Crippen molar-refractivity contribution in [1.29, 1.82) is 0 Å². The Morgan fingerprint density at radius 1 is 1.33 bits per heavy atom. The summed E-state index contributed by atoms with van der Waals surface area (Å²) in [7, 11) is 0. The van der Waals surface area contributed by atoms with Gasteiger partial charge in [0.15, 0.2) is 0 Å². The van der Waals surface area contributed by atoms with Crippen molar-refractivity contribution in [3.8, 4) is 0 Å². The number of benzene rings is 1. The molecule has 1 aromatic carbocycles. The van der Waals surface area contributed by atoms with E-state index in [2.05, 4.69) is 11.8 Å². The van der Waals surface area contributed by atoms with E-state index in [1.807, 2.05) is 6.07 Å². The molecule has 0 bridgehead atoms. The van der Waals surface area contributed by atoms with Gasteiger partial charge >= 0.3 is 0 Å². The molecule has 0 fully saturated rings. The maximum absolute atomic E-state index is 13.0. The van der Waals surface area contributed by atoms with Crippen LogP contribution in [0.15, 0.2) is 18.2 Å². The Hall–Kier alpha value is -0.890. The van der Waals surface area contributed by atoms with Gasteiger partial charge in [0.1, 0.15) is 5.82 Å². The predicted octanol–water partition coefficient (Wildman–Crippen LogP) is 2.98. The average Bonchev–Trinajstić information content (AvgIpc) is 2.26. The second-order valence-electron chi connectivity index (χ2n) is 4.29. The molecule has 0 atom stereocenters. The first kappa shape index (κ1) is 10.6. The molecule has 0 radical (unpaired) electrons. The molecular weight excluding hydrogens is 189 g/mol. The van der Waals surface area contributed by atoms with Crippen LogP contribution in [0, 0.1) is 5.82 Å². The van der Waals surface area contributed by atoms with Crippen molar-refractivity contribution in [2.75, 3.05) is 13.1 Å². The number of rotatable bonds is 3. The molecule has 0 saturated carbocycles. The smallest absolute Gasteiger partial charge is 0.123 e. The summed E-state index contributed by atoms with van der Waals surface area (Å²) in [4.78, 5) is 2.46. The summed E-state index contributed by atoms with van der Waals surface area (Å²) in [6, 6.07) is 5.19. The van der Waals surface area contributed by atoms with Crippen molar-refractivity contribution in [3.63, 3.8) is 0 Å². The van der Waals surface area contributed by atoms with Crippen molar-refractivity contribution in [3.05, 3.63) is 35.1 Å². The lowest BCUT2D eigenvalue weighted by molar-refractivity contribution is 0.250. The van der Waals surface area contributed by atoms with Crippen LogP contribution in [-0.4, -0.2) is 18.0 Å². The zero-order valence-electron chi connectivity index (χ0n) is 9.30. The van der Waals surface area contributed by atoms with E-state index < -0.39 is 0 Å². The first-order valence-electron chi connectivity index (χ1n) is 5.79. The molecule has 0 aliphatic carbocycles. The minimum atomic E-state index is -0.101. The zero-order valence-corrected chi connectivity index (χ0v) is 9.30. The summed E-state index contributed by atoms with van der Waals surface area (Å²) in [5.41, 5.74) is 2.50. The SMILES string of the molecule is CCCCN1CCc2cc(F)ccc2C1. The molecule has 0 unspecified atom stereocenters. The number of hydrogen-bond acceptors (Lipinski definition) is 1. The van der Waals surface area contributed by atoms with Crippen molar-refractivity contribution in [1.82, 2.24) is 4.90 Å². The molecule has 1 aromatic rings. The molecule has 2 heteroatoms. The van der Waals surface area contributed by atoms with Gasteiger partial charge in [0, 0.05) is 13.1 Å². The van der Waals surface area contributed by atoms with Crippen molar-refractivity contribution < 1.29 is 4.39 Å². The zero-order chi connectivity index (χ0) is 10.7. The summed E-state index contributed by atoms with van der Waals surface area (Å²) in [5, 5.41) is 0. The van der Waals surface area contributed by atoms with Gasteiger partial charge in [0.2, 0.25) is 0 Å². The summed E-state index contributed by atoms with van der Waals surface area (Å²) in [5.74, 6) is -0.101. The van der Waals surface area contributed by atoms with Crippen LogP contribution in [0.1, 0.15) is 30.9 Å². The van der Waals surface area contributed by atoms with E-state index in [4.69, 9.17) is 0 Å². The van der Waals surface area contributed by atoms with E-state index in [1.54, 1.807) is 12.1 Å². The molecule has 0 N–H and O–H groups in total. The number of fused-ring (bicyclic) bond motifs is 1. The number of nitrogens with zero attached hydrogens (tertiary/aromatic N) is 1. The molecule has 15 heavy (non-hydrogen) atoms. The van der Waals surface area contributed by atoms with Gasteiger partial charge in [-0.05, 0) is 42.6 Å². The molecule has 1 heterocycles. The average molecular weight is 207 g/mol. The fourth-order valence-corrected chi connectivity index (χ4v) is 2.15. The molecule has 82 valence electrons. The summed E-state index contributed by atoms with van der Waals surface area (Å²) in [6.07, 6.45) is 3.50. The molecule has 2 rings (SSSR count). The van der Waals surface area contributed by atoms with Crippen molar-refractivity contribution in [2.24, 2.45) is 0 Å². The lowest BCUT2D eigenvalue weighted by atomic mass is 9.99. The van der Waals surface area contributed by atoms with Gasteiger partial charge < -0.3 is 0 Å². The lowest BCUT2D eigenvalue weighted by Gasteiger charge is -2.28. The summed E-state index contributed by atoms with van der Waals surface area (Å²) >= 11 is 0. The summed E-state index contributed by atoms with van der Waals surface area (Å²) < 4.78 is 13.0. The fourth-order valence-electron chi connectivity index (χ4n) is 2.15. The Labute approximate surface area is 90.9 Å². The maximum atomic E-state index is 13.0. The fraction of sp³-hybridized carbons (Fsp3) is 0.538. The highest BCUT2D eigenvalue weighted by Crippen LogP contribution is 2.19. The van der Waals surface area contributed by atoms with Gasteiger partial charge in [0.25, 0.3) is 0 Å². The maximum Gasteiger partial charge on any atom is 0.123 e. The highest BCUT2D eigenvalue weighted by molar-refractivity contribution is 5.29. The summed E-state index contributed by atoms with van der Waals surface area (Å²) in [6.45, 7) is 5.46. The molecule has 1 nitrogen and oxygen atoms in total. The van der Waals surface area contributed by atoms with E-state index in [0.29, 0.717) is 0 Å². The van der Waals surface area contributed by atoms with Crippen LogP contribution < -0.4 is 0 Å². The van der Waals surface area contributed by atoms with E-state index in [-0.39, 0.29) is 5.82 Å². The third kappa shape index (κ3) is 2.57. The number of hydrogen-bond donors (Lipinski definition) is 0. The second kappa shape index (κ2) is 4.75. The Bertz CT molecular complexity index is 335. The van der Waals surface area contributed by atoms with Crippen LogP contribution in [0.4, 0.5) is 4.39 Å². The number of halogens is 1. The molecule has 0 amide bonds. The molecule has 1 aliphatic heterocycles. The second-order valence-corrected chi connectivity index (χ2v) is 4.29. The Balaban J connectivity index is 2.03. The first-order valence-corrected chi connectivity index (χ1v) is 5.79. The van der Waals surface area contributed by atoms with Gasteiger partial charge in [-0.3, -0.25) is 4.90 Å². The Kier molecular flexibility index (Phi) is 3.37. The normalized spacial score (nSPS) is 16.4. The van der Waals surface area contributed by atoms with Gasteiger partial charge in [-0.15, -0.1) is 0 Å². The molecule has 0 aromatic heterocycles. The van der Waals surface area contributed by atoms with Crippen LogP contribution in [0.3, 0.4) is 0 Å². The van der Waals surface area contributed by atoms with Gasteiger partial charge in [-0.2, -0.15) is 0 Å². The van der Waals surface area contributed by atoms with Gasteiger partial charge in [-0.1, -0.05) is 19.4 Å². The topological polar surface area (TPSA) is 3.24 Å². The first-order chi connectivity index (χ1) is 7.29. The van der Waals surface area contributed by atoms with Crippen LogP contribution in [0.5, 0.6) is 0 Å². The van der Waals surface area contributed by atoms with Crippen LogP contribution in [0.25, 0.3) is 0 Å². The largest absolute Gasteiger partial charge is 0.299 e. The van der Waals surface area contributed by atoms with Crippen molar-refractivity contribution in [2.45, 2.75) is 32.7 Å². The standard InChI is InChI=1S/C13H18FN/c1-2-3-7-15-8-6-11-9-13(14)5-4-12(11)10-15/h4-5,9H,2-3,6-8,10H2,1H3. The molecule has 0 saturated heterocycles. The highest BCUT2D eigenvalue weighted by atomic mass is 19.1. The Morgan fingerprint density at radius 2 is 2.20 bits per heavy atom. The van der Waals surface area contributed by atoms with Crippen LogP contribution in [0.2, 0.25) is 0 Å². The molecule has 0 spiro atoms. The minimum Gasteiger partial charge on any atom is -0.299 e. The van der Waals surface area contributed by atoms with Gasteiger partial charge in [0.05, 0.1) is 0 Å². The quantitative estimate of drug-likeness (QED) is 0.736. The van der Waals surface area contributed by atoms with Crippen molar-refractivity contribution >= 4 is 0 Å². The van der Waals surface area contributed by atoms with E-state index in [9.17, 15) is 4.39 Å². The highest BCUT2D eigenvalue weighted by Gasteiger charge is 2.15. The minimum absolute atomic E-state index is 0.101. The monoisotopic (exact) mass is 207 g/mol. The molecular formula is C13H18FN. The van der Waals surface area contributed by atoms with E-state index in [1.165, 1.54) is 30.5 Å². The van der Waals surface area contributed by atoms with Gasteiger partial charge in [-0.25, -0.2) is 4.39 Å². The van der Waals surface area contributed by atoms with E-state index in [0.717, 1.165) is 19.5 Å². The third-order valence-corrected chi connectivity index (χ3v) is 3.09.